The summed E-state index contributed by atoms with van der Waals surface area (Å²) in [5, 5.41) is 21.0. The van der Waals surface area contributed by atoms with E-state index >= 15 is 0 Å². The summed E-state index contributed by atoms with van der Waals surface area (Å²) >= 11 is 8.05. The van der Waals surface area contributed by atoms with Crippen molar-refractivity contribution in [3.05, 3.63) is 53.1 Å². The average Bonchev–Trinajstić information content (AvgIpc) is 2.81. The monoisotopic (exact) mass is 435 g/mol. The van der Waals surface area contributed by atoms with E-state index in [4.69, 9.17) is 4.74 Å². The van der Waals surface area contributed by atoms with Crippen LogP contribution in [0.3, 0.4) is 0 Å². The molecule has 1 atom stereocenters. The van der Waals surface area contributed by atoms with E-state index in [0.29, 0.717) is 10.0 Å². The molecule has 0 spiro atoms. The number of aliphatic hydroxyl groups excluding tert-OH is 1. The summed E-state index contributed by atoms with van der Waals surface area (Å²) in [6, 6.07) is 6.75. The van der Waals surface area contributed by atoms with Gasteiger partial charge in [-0.05, 0) is 41.1 Å². The number of hydrogen-bond donors (Lipinski definition) is 1. The van der Waals surface area contributed by atoms with Crippen molar-refractivity contribution >= 4 is 48.9 Å². The van der Waals surface area contributed by atoms with Crippen molar-refractivity contribution < 1.29 is 14.8 Å². The van der Waals surface area contributed by atoms with Crippen LogP contribution in [0.25, 0.3) is 0 Å². The summed E-state index contributed by atoms with van der Waals surface area (Å²) in [4.78, 5) is 11.6. The third-order valence-corrected chi connectivity index (χ3v) is 4.75. The number of aliphatic hydroxyl groups is 1. The standard InChI is InChI=1S/C13H11Br2NO4S/c1-7(17)10-4-8(14)5-11(16(18)19)13(10)20-6-9-2-3-12(15)21-9/h2-5,7,17H,6H2,1H3/t7-/m0/s1. The highest BCUT2D eigenvalue weighted by Gasteiger charge is 2.23. The Bertz CT molecular complexity index is 672. The van der Waals surface area contributed by atoms with Gasteiger partial charge in [-0.2, -0.15) is 0 Å². The highest BCUT2D eigenvalue weighted by atomic mass is 79.9. The Labute approximate surface area is 142 Å². The third kappa shape index (κ3) is 4.03. The maximum absolute atomic E-state index is 11.2. The van der Waals surface area contributed by atoms with Crippen molar-refractivity contribution in [3.63, 3.8) is 0 Å². The molecule has 0 saturated heterocycles. The Morgan fingerprint density at radius 3 is 2.67 bits per heavy atom. The van der Waals surface area contributed by atoms with Crippen LogP contribution >= 0.6 is 43.2 Å². The van der Waals surface area contributed by atoms with Gasteiger partial charge >= 0.3 is 5.69 Å². The first-order chi connectivity index (χ1) is 9.88. The SMILES string of the molecule is C[C@H](O)c1cc(Br)cc([N+](=O)[O-])c1OCc1ccc(Br)s1. The number of halogens is 2. The van der Waals surface area contributed by atoms with Gasteiger partial charge in [-0.15, -0.1) is 11.3 Å². The summed E-state index contributed by atoms with van der Waals surface area (Å²) in [7, 11) is 0. The number of nitro benzene ring substituents is 1. The highest BCUT2D eigenvalue weighted by molar-refractivity contribution is 9.11. The van der Waals surface area contributed by atoms with E-state index in [1.165, 1.54) is 17.4 Å². The Morgan fingerprint density at radius 1 is 1.43 bits per heavy atom. The van der Waals surface area contributed by atoms with Crippen LogP contribution in [-0.4, -0.2) is 10.0 Å². The maximum atomic E-state index is 11.2. The molecule has 1 aromatic heterocycles. The van der Waals surface area contributed by atoms with E-state index in [9.17, 15) is 15.2 Å². The Morgan fingerprint density at radius 2 is 2.14 bits per heavy atom. The lowest BCUT2D eigenvalue weighted by Crippen LogP contribution is -2.04. The zero-order valence-electron chi connectivity index (χ0n) is 10.9. The lowest BCUT2D eigenvalue weighted by Gasteiger charge is -2.13. The van der Waals surface area contributed by atoms with Crippen molar-refractivity contribution in [2.75, 3.05) is 0 Å². The summed E-state index contributed by atoms with van der Waals surface area (Å²) in [5.41, 5.74) is 0.211. The van der Waals surface area contributed by atoms with Crippen LogP contribution in [0, 0.1) is 10.1 Å². The molecular weight excluding hydrogens is 426 g/mol. The molecule has 1 N–H and O–H groups in total. The fourth-order valence-corrected chi connectivity index (χ4v) is 3.64. The molecule has 21 heavy (non-hydrogen) atoms. The smallest absolute Gasteiger partial charge is 0.312 e. The molecule has 0 aliphatic carbocycles. The minimum atomic E-state index is -0.869. The van der Waals surface area contributed by atoms with Gasteiger partial charge in [-0.1, -0.05) is 15.9 Å². The molecule has 2 rings (SSSR count). The van der Waals surface area contributed by atoms with Crippen molar-refractivity contribution in [1.29, 1.82) is 0 Å². The second-order valence-electron chi connectivity index (χ2n) is 4.27. The second-order valence-corrected chi connectivity index (χ2v) is 7.73. The van der Waals surface area contributed by atoms with E-state index in [1.807, 2.05) is 12.1 Å². The molecule has 0 bridgehead atoms. The molecule has 5 nitrogen and oxygen atoms in total. The summed E-state index contributed by atoms with van der Waals surface area (Å²) in [6.07, 6.45) is -0.869. The number of nitro groups is 1. The molecule has 1 aromatic carbocycles. The van der Waals surface area contributed by atoms with Gasteiger partial charge in [0.25, 0.3) is 0 Å². The zero-order chi connectivity index (χ0) is 15.6. The lowest BCUT2D eigenvalue weighted by molar-refractivity contribution is -0.386. The van der Waals surface area contributed by atoms with Gasteiger partial charge in [-0.25, -0.2) is 0 Å². The maximum Gasteiger partial charge on any atom is 0.312 e. The Hall–Kier alpha value is -0.960. The Kier molecular flexibility index (Phi) is 5.37. The van der Waals surface area contributed by atoms with Gasteiger partial charge in [-0.3, -0.25) is 10.1 Å². The molecule has 112 valence electrons. The molecule has 0 aliphatic heterocycles. The van der Waals surface area contributed by atoms with Crippen LogP contribution in [0.4, 0.5) is 5.69 Å². The number of nitrogens with zero attached hydrogens (tertiary/aromatic N) is 1. The third-order valence-electron chi connectivity index (χ3n) is 2.70. The van der Waals surface area contributed by atoms with E-state index in [0.717, 1.165) is 8.66 Å². The number of rotatable bonds is 5. The van der Waals surface area contributed by atoms with Gasteiger partial charge in [0.2, 0.25) is 5.75 Å². The summed E-state index contributed by atoms with van der Waals surface area (Å²) in [5.74, 6) is 0.0997. The normalized spacial score (nSPS) is 12.2. The molecular formula is C13H11Br2NO4S. The van der Waals surface area contributed by atoms with Crippen molar-refractivity contribution in [2.24, 2.45) is 0 Å². The quantitative estimate of drug-likeness (QED) is 0.538. The van der Waals surface area contributed by atoms with Crippen molar-refractivity contribution in [3.8, 4) is 5.75 Å². The highest BCUT2D eigenvalue weighted by Crippen LogP contribution is 2.38. The molecule has 2 aromatic rings. The lowest BCUT2D eigenvalue weighted by atomic mass is 10.1. The molecule has 0 aliphatic rings. The predicted octanol–water partition coefficient (Wildman–Crippen LogP) is 4.81. The number of hydrogen-bond acceptors (Lipinski definition) is 5. The van der Waals surface area contributed by atoms with Gasteiger partial charge in [0.15, 0.2) is 0 Å². The van der Waals surface area contributed by atoms with Gasteiger partial charge in [0.1, 0.15) is 6.61 Å². The van der Waals surface area contributed by atoms with Crippen molar-refractivity contribution in [2.45, 2.75) is 19.6 Å². The number of benzene rings is 1. The van der Waals surface area contributed by atoms with Crippen LogP contribution in [0.1, 0.15) is 23.5 Å². The number of thiophene rings is 1. The average molecular weight is 437 g/mol. The fraction of sp³-hybridized carbons (Fsp3) is 0.231. The minimum absolute atomic E-state index is 0.0997. The van der Waals surface area contributed by atoms with Crippen LogP contribution in [0.2, 0.25) is 0 Å². The number of ether oxygens (including phenoxy) is 1. The summed E-state index contributed by atoms with van der Waals surface area (Å²) < 4.78 is 7.10. The molecule has 8 heteroatoms. The molecule has 0 saturated carbocycles. The topological polar surface area (TPSA) is 72.6 Å². The zero-order valence-corrected chi connectivity index (χ0v) is 14.9. The largest absolute Gasteiger partial charge is 0.481 e. The van der Waals surface area contributed by atoms with E-state index < -0.39 is 11.0 Å². The second kappa shape index (κ2) is 6.87. The van der Waals surface area contributed by atoms with Crippen LogP contribution in [0.5, 0.6) is 5.75 Å². The van der Waals surface area contributed by atoms with E-state index in [-0.39, 0.29) is 18.0 Å². The molecule has 1 heterocycles. The van der Waals surface area contributed by atoms with Crippen LogP contribution < -0.4 is 4.74 Å². The molecule has 0 unspecified atom stereocenters. The van der Waals surface area contributed by atoms with Gasteiger partial charge < -0.3 is 9.84 Å². The van der Waals surface area contributed by atoms with Gasteiger partial charge in [0.05, 0.1) is 14.8 Å². The first kappa shape index (κ1) is 16.4. The summed E-state index contributed by atoms with van der Waals surface area (Å²) in [6.45, 7) is 1.75. The first-order valence-electron chi connectivity index (χ1n) is 5.91. The van der Waals surface area contributed by atoms with Gasteiger partial charge in [0, 0.05) is 21.0 Å². The Balaban J connectivity index is 2.37. The predicted molar refractivity (Wildman–Crippen MR) is 87.8 cm³/mol. The van der Waals surface area contributed by atoms with E-state index in [1.54, 1.807) is 13.0 Å². The first-order valence-corrected chi connectivity index (χ1v) is 8.31. The van der Waals surface area contributed by atoms with Crippen LogP contribution in [0.15, 0.2) is 32.5 Å². The molecule has 0 fully saturated rings. The van der Waals surface area contributed by atoms with Crippen LogP contribution in [-0.2, 0) is 6.61 Å². The molecule has 0 amide bonds. The minimum Gasteiger partial charge on any atom is -0.481 e. The van der Waals surface area contributed by atoms with Crippen molar-refractivity contribution in [1.82, 2.24) is 0 Å². The molecule has 0 radical (unpaired) electrons. The fourth-order valence-electron chi connectivity index (χ4n) is 1.78. The van der Waals surface area contributed by atoms with E-state index in [2.05, 4.69) is 31.9 Å².